The first kappa shape index (κ1) is 24.7. The Bertz CT molecular complexity index is 1330. The van der Waals surface area contributed by atoms with Crippen molar-refractivity contribution in [2.45, 2.75) is 13.0 Å². The molecular formula is C26H29N3O5S. The van der Waals surface area contributed by atoms with Crippen LogP contribution >= 0.6 is 0 Å². The van der Waals surface area contributed by atoms with E-state index in [2.05, 4.69) is 40.0 Å². The average Bonchev–Trinajstić information content (AvgIpc) is 2.87. The summed E-state index contributed by atoms with van der Waals surface area (Å²) in [5, 5.41) is 11.2. The number of carboxylic acids is 1. The molecule has 0 radical (unpaired) electrons. The molecule has 8 nitrogen and oxygen atoms in total. The number of methoxy groups -OCH3 is 1. The van der Waals surface area contributed by atoms with Gasteiger partial charge in [0.1, 0.15) is 11.8 Å². The molecule has 0 aliphatic carbocycles. The van der Waals surface area contributed by atoms with Gasteiger partial charge in [0, 0.05) is 31.9 Å². The second-order valence-corrected chi connectivity index (χ2v) is 10.2. The monoisotopic (exact) mass is 495 g/mol. The Morgan fingerprint density at radius 3 is 2.20 bits per heavy atom. The molecule has 3 aromatic carbocycles. The van der Waals surface area contributed by atoms with Crippen LogP contribution in [0.4, 0.5) is 5.69 Å². The zero-order valence-electron chi connectivity index (χ0n) is 19.7. The summed E-state index contributed by atoms with van der Waals surface area (Å²) in [7, 11) is -2.17. The third kappa shape index (κ3) is 6.00. The van der Waals surface area contributed by atoms with Gasteiger partial charge in [-0.3, -0.25) is 4.79 Å². The van der Waals surface area contributed by atoms with E-state index >= 15 is 0 Å². The first-order valence-corrected chi connectivity index (χ1v) is 12.8. The van der Waals surface area contributed by atoms with Gasteiger partial charge in [-0.15, -0.1) is 0 Å². The molecule has 184 valence electrons. The Morgan fingerprint density at radius 2 is 1.54 bits per heavy atom. The van der Waals surface area contributed by atoms with Crippen LogP contribution in [-0.4, -0.2) is 63.1 Å². The summed E-state index contributed by atoms with van der Waals surface area (Å²) in [6, 6.07) is 19.3. The molecule has 0 amide bonds. The maximum atomic E-state index is 12.4. The Morgan fingerprint density at radius 1 is 0.943 bits per heavy atom. The Balaban J connectivity index is 1.36. The number of fused-ring (bicyclic) bond motifs is 1. The van der Waals surface area contributed by atoms with E-state index in [-0.39, 0.29) is 13.1 Å². The van der Waals surface area contributed by atoms with Gasteiger partial charge in [-0.05, 0) is 59.2 Å². The minimum Gasteiger partial charge on any atom is -0.497 e. The normalized spacial score (nSPS) is 16.0. The van der Waals surface area contributed by atoms with E-state index in [0.717, 1.165) is 33.3 Å². The van der Waals surface area contributed by atoms with E-state index in [1.165, 1.54) is 11.2 Å². The van der Waals surface area contributed by atoms with Crippen molar-refractivity contribution in [3.63, 3.8) is 0 Å². The smallest absolute Gasteiger partial charge is 0.321 e. The largest absolute Gasteiger partial charge is 0.497 e. The van der Waals surface area contributed by atoms with Crippen molar-refractivity contribution < 1.29 is 23.1 Å². The van der Waals surface area contributed by atoms with Crippen molar-refractivity contribution in [2.24, 2.45) is 0 Å². The van der Waals surface area contributed by atoms with Crippen molar-refractivity contribution in [1.82, 2.24) is 9.03 Å². The van der Waals surface area contributed by atoms with Crippen LogP contribution in [0.2, 0.25) is 0 Å². The molecule has 35 heavy (non-hydrogen) atoms. The van der Waals surface area contributed by atoms with Gasteiger partial charge in [0.25, 0.3) is 10.2 Å². The SMILES string of the molecule is COc1ccc2cc(/C=C/c3ccc(N4CCN(S(=O)(=O)N[C@@H](C)C(=O)O)CC4)cc3)ccc2c1. The van der Waals surface area contributed by atoms with Crippen molar-refractivity contribution in [2.75, 3.05) is 38.2 Å². The van der Waals surface area contributed by atoms with Crippen LogP contribution in [0.25, 0.3) is 22.9 Å². The molecule has 1 fully saturated rings. The van der Waals surface area contributed by atoms with E-state index in [9.17, 15) is 13.2 Å². The van der Waals surface area contributed by atoms with Gasteiger partial charge in [-0.25, -0.2) is 0 Å². The molecule has 1 aliphatic heterocycles. The zero-order chi connectivity index (χ0) is 25.0. The fourth-order valence-corrected chi connectivity index (χ4v) is 5.34. The number of nitrogens with one attached hydrogen (secondary N) is 1. The first-order chi connectivity index (χ1) is 16.7. The molecule has 3 aromatic rings. The topological polar surface area (TPSA) is 99.2 Å². The van der Waals surface area contributed by atoms with Gasteiger partial charge in [0.2, 0.25) is 0 Å². The fourth-order valence-electron chi connectivity index (χ4n) is 4.00. The molecule has 0 bridgehead atoms. The van der Waals surface area contributed by atoms with E-state index in [0.29, 0.717) is 13.1 Å². The lowest BCUT2D eigenvalue weighted by Gasteiger charge is -2.35. The number of ether oxygens (including phenoxy) is 1. The number of rotatable bonds is 8. The lowest BCUT2D eigenvalue weighted by atomic mass is 10.1. The van der Waals surface area contributed by atoms with Crippen LogP contribution in [0.15, 0.2) is 60.7 Å². The van der Waals surface area contributed by atoms with Gasteiger partial charge in [-0.2, -0.15) is 17.4 Å². The maximum absolute atomic E-state index is 12.4. The molecule has 2 N–H and O–H groups in total. The number of nitrogens with zero attached hydrogens (tertiary/aromatic N) is 2. The predicted molar refractivity (Wildman–Crippen MR) is 139 cm³/mol. The van der Waals surface area contributed by atoms with E-state index < -0.39 is 22.2 Å². The highest BCUT2D eigenvalue weighted by Gasteiger charge is 2.29. The fraction of sp³-hybridized carbons (Fsp3) is 0.269. The van der Waals surface area contributed by atoms with Gasteiger partial charge in [0.05, 0.1) is 7.11 Å². The number of carboxylic acid groups (broad SMARTS) is 1. The second kappa shape index (κ2) is 10.5. The van der Waals surface area contributed by atoms with Crippen LogP contribution in [0.3, 0.4) is 0 Å². The maximum Gasteiger partial charge on any atom is 0.321 e. The highest BCUT2D eigenvalue weighted by Crippen LogP contribution is 2.23. The molecule has 4 rings (SSSR count). The molecule has 1 atom stereocenters. The average molecular weight is 496 g/mol. The lowest BCUT2D eigenvalue weighted by molar-refractivity contribution is -0.138. The van der Waals surface area contributed by atoms with Gasteiger partial charge in [0.15, 0.2) is 0 Å². The van der Waals surface area contributed by atoms with E-state index in [1.54, 1.807) is 7.11 Å². The van der Waals surface area contributed by atoms with Crippen LogP contribution in [0, 0.1) is 0 Å². The Hall–Kier alpha value is -3.40. The lowest BCUT2D eigenvalue weighted by Crippen LogP contribution is -2.54. The predicted octanol–water partition coefficient (Wildman–Crippen LogP) is 3.45. The minimum atomic E-state index is -3.83. The van der Waals surface area contributed by atoms with E-state index in [4.69, 9.17) is 9.84 Å². The number of anilines is 1. The summed E-state index contributed by atoms with van der Waals surface area (Å²) in [5.41, 5.74) is 3.19. The minimum absolute atomic E-state index is 0.289. The van der Waals surface area contributed by atoms with Gasteiger partial charge >= 0.3 is 5.97 Å². The zero-order valence-corrected chi connectivity index (χ0v) is 20.5. The highest BCUT2D eigenvalue weighted by atomic mass is 32.2. The molecule has 0 aromatic heterocycles. The summed E-state index contributed by atoms with van der Waals surface area (Å²) in [6.07, 6.45) is 4.14. The Kier molecular flexibility index (Phi) is 7.39. The molecule has 0 unspecified atom stereocenters. The number of aliphatic carboxylic acids is 1. The second-order valence-electron chi connectivity index (χ2n) is 8.47. The third-order valence-corrected chi connectivity index (χ3v) is 7.77. The van der Waals surface area contributed by atoms with Crippen molar-refractivity contribution in [3.05, 3.63) is 71.8 Å². The molecule has 1 heterocycles. The molecule has 0 spiro atoms. The summed E-state index contributed by atoms with van der Waals surface area (Å²) in [4.78, 5) is 13.1. The summed E-state index contributed by atoms with van der Waals surface area (Å²) in [5.74, 6) is -0.365. The quantitative estimate of drug-likeness (QED) is 0.465. The number of hydrogen-bond donors (Lipinski definition) is 2. The van der Waals surface area contributed by atoms with Crippen molar-refractivity contribution in [1.29, 1.82) is 0 Å². The van der Waals surface area contributed by atoms with Gasteiger partial charge in [-0.1, -0.05) is 42.5 Å². The number of piperazine rings is 1. The molecular weight excluding hydrogens is 466 g/mol. The van der Waals surface area contributed by atoms with Gasteiger partial charge < -0.3 is 14.7 Å². The van der Waals surface area contributed by atoms with Crippen molar-refractivity contribution in [3.8, 4) is 5.75 Å². The number of benzene rings is 3. The number of hydrogen-bond acceptors (Lipinski definition) is 5. The molecule has 9 heteroatoms. The molecule has 1 aliphatic rings. The van der Waals surface area contributed by atoms with E-state index in [1.807, 2.05) is 42.5 Å². The summed E-state index contributed by atoms with van der Waals surface area (Å²) >= 11 is 0. The van der Waals surface area contributed by atoms with Crippen LogP contribution in [0.1, 0.15) is 18.1 Å². The number of carbonyl (C=O) groups is 1. The standard InChI is InChI=1S/C26H29N3O5S/c1-19(26(30)31)27-35(32,33)29-15-13-28(14-16-29)24-10-6-20(7-11-24)3-4-21-5-8-23-18-25(34-2)12-9-22(23)17-21/h3-12,17-19,27H,13-16H2,1-2H3,(H,30,31)/b4-3+/t19-/m0/s1. The Labute approximate surface area is 205 Å². The van der Waals surface area contributed by atoms with Crippen LogP contribution < -0.4 is 14.4 Å². The van der Waals surface area contributed by atoms with Crippen LogP contribution in [-0.2, 0) is 15.0 Å². The molecule has 0 saturated carbocycles. The molecule has 1 saturated heterocycles. The highest BCUT2D eigenvalue weighted by molar-refractivity contribution is 7.87. The summed E-state index contributed by atoms with van der Waals surface area (Å²) < 4.78 is 33.6. The summed E-state index contributed by atoms with van der Waals surface area (Å²) in [6.45, 7) is 2.94. The van der Waals surface area contributed by atoms with Crippen LogP contribution in [0.5, 0.6) is 5.75 Å². The third-order valence-electron chi connectivity index (χ3n) is 6.07. The van der Waals surface area contributed by atoms with Crippen molar-refractivity contribution >= 4 is 44.8 Å². The first-order valence-electron chi connectivity index (χ1n) is 11.4.